The molecule has 0 aliphatic rings. The van der Waals surface area contributed by atoms with Crippen molar-refractivity contribution in [3.63, 3.8) is 0 Å². The van der Waals surface area contributed by atoms with E-state index < -0.39 is 11.5 Å². The van der Waals surface area contributed by atoms with Gasteiger partial charge in [0.15, 0.2) is 0 Å². The maximum absolute atomic E-state index is 13.2. The van der Waals surface area contributed by atoms with Gasteiger partial charge in [-0.15, -0.1) is 0 Å². The summed E-state index contributed by atoms with van der Waals surface area (Å²) in [6.45, 7) is 1.94. The molecule has 3 nitrogen and oxygen atoms in total. The van der Waals surface area contributed by atoms with Gasteiger partial charge in [-0.05, 0) is 19.1 Å². The van der Waals surface area contributed by atoms with E-state index in [-0.39, 0.29) is 6.54 Å². The van der Waals surface area contributed by atoms with Gasteiger partial charge in [-0.3, -0.25) is 0 Å². The van der Waals surface area contributed by atoms with Gasteiger partial charge in [-0.25, -0.2) is 4.98 Å². The SMILES string of the molecule is COC(C)(CN)c1cccnc1F. The Bertz CT molecular complexity index is 287. The minimum Gasteiger partial charge on any atom is -0.372 e. The van der Waals surface area contributed by atoms with Crippen molar-refractivity contribution < 1.29 is 9.13 Å². The molecular weight excluding hydrogens is 171 g/mol. The van der Waals surface area contributed by atoms with Gasteiger partial charge in [-0.2, -0.15) is 4.39 Å². The normalized spacial score (nSPS) is 15.4. The first kappa shape index (κ1) is 10.1. The first-order valence-corrected chi connectivity index (χ1v) is 4.00. The number of nitrogens with two attached hydrogens (primary N) is 1. The van der Waals surface area contributed by atoms with E-state index in [1.165, 1.54) is 13.3 Å². The third-order valence-corrected chi connectivity index (χ3v) is 2.17. The van der Waals surface area contributed by atoms with E-state index in [2.05, 4.69) is 4.98 Å². The highest BCUT2D eigenvalue weighted by atomic mass is 19.1. The summed E-state index contributed by atoms with van der Waals surface area (Å²) in [4.78, 5) is 3.54. The van der Waals surface area contributed by atoms with Crippen LogP contribution in [0, 0.1) is 5.95 Å². The molecule has 0 saturated heterocycles. The summed E-state index contributed by atoms with van der Waals surface area (Å²) in [5.74, 6) is -0.530. The maximum Gasteiger partial charge on any atom is 0.218 e. The zero-order valence-electron chi connectivity index (χ0n) is 7.75. The standard InChI is InChI=1S/C9H13FN2O/c1-9(6-11,13-2)7-4-3-5-12-8(7)10/h3-5H,6,11H2,1-2H3. The van der Waals surface area contributed by atoms with Crippen LogP contribution in [-0.2, 0) is 10.3 Å². The second-order valence-electron chi connectivity index (χ2n) is 2.98. The van der Waals surface area contributed by atoms with E-state index in [0.717, 1.165) is 0 Å². The Kier molecular flexibility index (Phi) is 2.95. The van der Waals surface area contributed by atoms with Gasteiger partial charge in [0.05, 0.1) is 0 Å². The molecule has 0 spiro atoms. The van der Waals surface area contributed by atoms with Crippen molar-refractivity contribution in [1.29, 1.82) is 0 Å². The smallest absolute Gasteiger partial charge is 0.218 e. The van der Waals surface area contributed by atoms with Crippen LogP contribution in [0.15, 0.2) is 18.3 Å². The van der Waals surface area contributed by atoms with Crippen molar-refractivity contribution in [3.8, 4) is 0 Å². The minimum absolute atomic E-state index is 0.214. The van der Waals surface area contributed by atoms with E-state index in [0.29, 0.717) is 5.56 Å². The number of nitrogens with zero attached hydrogens (tertiary/aromatic N) is 1. The highest BCUT2D eigenvalue weighted by molar-refractivity contribution is 5.19. The van der Waals surface area contributed by atoms with Crippen LogP contribution in [0.4, 0.5) is 4.39 Å². The highest BCUT2D eigenvalue weighted by Gasteiger charge is 2.27. The molecule has 72 valence electrons. The number of aromatic nitrogens is 1. The first-order valence-electron chi connectivity index (χ1n) is 4.00. The molecule has 0 aromatic carbocycles. The third kappa shape index (κ3) is 1.84. The number of hydrogen-bond acceptors (Lipinski definition) is 3. The van der Waals surface area contributed by atoms with Crippen LogP contribution >= 0.6 is 0 Å². The number of pyridine rings is 1. The number of ether oxygens (including phenoxy) is 1. The van der Waals surface area contributed by atoms with Gasteiger partial charge in [-0.1, -0.05) is 0 Å². The lowest BCUT2D eigenvalue weighted by Crippen LogP contribution is -2.34. The summed E-state index contributed by atoms with van der Waals surface area (Å²) in [5, 5.41) is 0. The fraction of sp³-hybridized carbons (Fsp3) is 0.444. The predicted octanol–water partition coefficient (Wildman–Crippen LogP) is 1.04. The van der Waals surface area contributed by atoms with E-state index in [1.54, 1.807) is 19.1 Å². The Morgan fingerprint density at radius 3 is 2.85 bits per heavy atom. The monoisotopic (exact) mass is 184 g/mol. The molecule has 0 aliphatic heterocycles. The average Bonchev–Trinajstić information content (AvgIpc) is 2.17. The maximum atomic E-state index is 13.2. The first-order chi connectivity index (χ1) is 6.14. The van der Waals surface area contributed by atoms with Gasteiger partial charge in [0.2, 0.25) is 5.95 Å². The topological polar surface area (TPSA) is 48.1 Å². The molecule has 1 aromatic heterocycles. The van der Waals surface area contributed by atoms with Crippen LogP contribution in [0.2, 0.25) is 0 Å². The quantitative estimate of drug-likeness (QED) is 0.714. The van der Waals surface area contributed by atoms with Crippen LogP contribution < -0.4 is 5.73 Å². The molecule has 13 heavy (non-hydrogen) atoms. The number of rotatable bonds is 3. The van der Waals surface area contributed by atoms with Gasteiger partial charge in [0, 0.05) is 25.4 Å². The number of methoxy groups -OCH3 is 1. The summed E-state index contributed by atoms with van der Waals surface area (Å²) in [5.41, 5.74) is 5.09. The molecule has 0 saturated carbocycles. The summed E-state index contributed by atoms with van der Waals surface area (Å²) in [6.07, 6.45) is 1.39. The zero-order chi connectivity index (χ0) is 9.90. The van der Waals surface area contributed by atoms with Crippen molar-refractivity contribution in [2.75, 3.05) is 13.7 Å². The molecule has 4 heteroatoms. The van der Waals surface area contributed by atoms with Gasteiger partial charge < -0.3 is 10.5 Å². The van der Waals surface area contributed by atoms with Crippen molar-refractivity contribution in [2.45, 2.75) is 12.5 Å². The van der Waals surface area contributed by atoms with Crippen molar-refractivity contribution in [3.05, 3.63) is 29.8 Å². The Balaban J connectivity index is 3.12. The summed E-state index contributed by atoms with van der Waals surface area (Å²) < 4.78 is 18.4. The van der Waals surface area contributed by atoms with E-state index in [9.17, 15) is 4.39 Å². The van der Waals surface area contributed by atoms with Crippen molar-refractivity contribution >= 4 is 0 Å². The van der Waals surface area contributed by atoms with Crippen LogP contribution in [0.5, 0.6) is 0 Å². The second-order valence-corrected chi connectivity index (χ2v) is 2.98. The highest BCUT2D eigenvalue weighted by Crippen LogP contribution is 2.24. The molecule has 0 fully saturated rings. The molecular formula is C9H13FN2O. The molecule has 1 unspecified atom stereocenters. The lowest BCUT2D eigenvalue weighted by molar-refractivity contribution is 0.00655. The molecule has 0 radical (unpaired) electrons. The molecule has 1 rings (SSSR count). The lowest BCUT2D eigenvalue weighted by atomic mass is 9.97. The van der Waals surface area contributed by atoms with Gasteiger partial charge in [0.25, 0.3) is 0 Å². The average molecular weight is 184 g/mol. The fourth-order valence-electron chi connectivity index (χ4n) is 1.08. The Labute approximate surface area is 76.7 Å². The molecule has 2 N–H and O–H groups in total. The zero-order valence-corrected chi connectivity index (χ0v) is 7.75. The van der Waals surface area contributed by atoms with Crippen LogP contribution in [0.25, 0.3) is 0 Å². The molecule has 1 heterocycles. The number of halogens is 1. The Hall–Kier alpha value is -1.00. The molecule has 0 bridgehead atoms. The van der Waals surface area contributed by atoms with Gasteiger partial charge >= 0.3 is 0 Å². The minimum atomic E-state index is -0.793. The molecule has 0 aliphatic carbocycles. The third-order valence-electron chi connectivity index (χ3n) is 2.17. The molecule has 1 atom stereocenters. The van der Waals surface area contributed by atoms with Crippen LogP contribution in [0.3, 0.4) is 0 Å². The van der Waals surface area contributed by atoms with Crippen LogP contribution in [0.1, 0.15) is 12.5 Å². The van der Waals surface area contributed by atoms with E-state index in [4.69, 9.17) is 10.5 Å². The lowest BCUT2D eigenvalue weighted by Gasteiger charge is -2.26. The Morgan fingerprint density at radius 1 is 1.69 bits per heavy atom. The van der Waals surface area contributed by atoms with Crippen molar-refractivity contribution in [1.82, 2.24) is 4.98 Å². The van der Waals surface area contributed by atoms with Crippen LogP contribution in [-0.4, -0.2) is 18.6 Å². The predicted molar refractivity (Wildman–Crippen MR) is 47.6 cm³/mol. The second kappa shape index (κ2) is 3.81. The molecule has 0 amide bonds. The summed E-state index contributed by atoms with van der Waals surface area (Å²) in [7, 11) is 1.50. The fourth-order valence-corrected chi connectivity index (χ4v) is 1.08. The van der Waals surface area contributed by atoms with Gasteiger partial charge in [0.1, 0.15) is 5.60 Å². The summed E-state index contributed by atoms with van der Waals surface area (Å²) in [6, 6.07) is 3.28. The largest absolute Gasteiger partial charge is 0.372 e. The van der Waals surface area contributed by atoms with Crippen molar-refractivity contribution in [2.24, 2.45) is 5.73 Å². The molecule has 1 aromatic rings. The van der Waals surface area contributed by atoms with E-state index in [1.807, 2.05) is 0 Å². The number of hydrogen-bond donors (Lipinski definition) is 1. The van der Waals surface area contributed by atoms with E-state index >= 15 is 0 Å². The summed E-state index contributed by atoms with van der Waals surface area (Å²) >= 11 is 0. The Morgan fingerprint density at radius 2 is 2.38 bits per heavy atom.